The summed E-state index contributed by atoms with van der Waals surface area (Å²) in [6.45, 7) is 2.02. The summed E-state index contributed by atoms with van der Waals surface area (Å²) in [5, 5.41) is 4.10. The van der Waals surface area contributed by atoms with Crippen molar-refractivity contribution in [2.45, 2.75) is 12.8 Å². The molecular weight excluding hydrogens is 304 g/mol. The van der Waals surface area contributed by atoms with Crippen molar-refractivity contribution in [3.63, 3.8) is 0 Å². The van der Waals surface area contributed by atoms with Gasteiger partial charge in [-0.25, -0.2) is 0 Å². The number of pyridine rings is 1. The summed E-state index contributed by atoms with van der Waals surface area (Å²) in [5.74, 6) is -0.0275. The fraction of sp³-hybridized carbons (Fsp3) is 0.333. The van der Waals surface area contributed by atoms with Gasteiger partial charge in [-0.1, -0.05) is 6.08 Å². The molecule has 0 spiro atoms. The Morgan fingerprint density at radius 1 is 1.33 bits per heavy atom. The first kappa shape index (κ1) is 14.8. The molecule has 1 aliphatic heterocycles. The van der Waals surface area contributed by atoms with E-state index in [4.69, 9.17) is 0 Å². The number of carbonyl (C=O) groups excluding carboxylic acids is 1. The normalized spacial score (nSPS) is 17.6. The number of nitrogens with zero attached hydrogens (tertiary/aromatic N) is 2. The Hall–Kier alpha value is -2.76. The number of rotatable bonds is 1. The molecular formula is C18H20N4O2. The zero-order valence-electron chi connectivity index (χ0n) is 13.6. The molecule has 6 nitrogen and oxygen atoms in total. The lowest BCUT2D eigenvalue weighted by molar-refractivity contribution is 0.0776. The van der Waals surface area contributed by atoms with E-state index >= 15 is 0 Å². The molecule has 0 bridgehead atoms. The van der Waals surface area contributed by atoms with Crippen molar-refractivity contribution in [1.29, 1.82) is 0 Å². The largest absolute Gasteiger partial charge is 0.383 e. The van der Waals surface area contributed by atoms with E-state index in [9.17, 15) is 9.59 Å². The van der Waals surface area contributed by atoms with Gasteiger partial charge in [0.1, 0.15) is 5.52 Å². The number of allylic oxidation sites excluding steroid dienone is 2. The molecule has 0 saturated heterocycles. The van der Waals surface area contributed by atoms with E-state index < -0.39 is 0 Å². The minimum Gasteiger partial charge on any atom is -0.383 e. The number of hydrogen-bond donors (Lipinski definition) is 2. The van der Waals surface area contributed by atoms with Crippen LogP contribution in [0.15, 0.2) is 46.7 Å². The van der Waals surface area contributed by atoms with Crippen LogP contribution in [0.1, 0.15) is 23.2 Å². The molecule has 0 aromatic carbocycles. The quantitative estimate of drug-likeness (QED) is 0.835. The maximum absolute atomic E-state index is 13.1. The molecule has 6 heteroatoms. The Morgan fingerprint density at radius 2 is 2.21 bits per heavy atom. The van der Waals surface area contributed by atoms with E-state index in [2.05, 4.69) is 22.5 Å². The number of amides is 1. The van der Waals surface area contributed by atoms with E-state index in [0.29, 0.717) is 29.6 Å². The molecule has 2 aliphatic rings. The predicted octanol–water partition coefficient (Wildman–Crippen LogP) is 1.52. The summed E-state index contributed by atoms with van der Waals surface area (Å²) < 4.78 is 1.47. The maximum atomic E-state index is 13.1. The van der Waals surface area contributed by atoms with Gasteiger partial charge in [0.15, 0.2) is 0 Å². The fourth-order valence-electron chi connectivity index (χ4n) is 3.48. The van der Waals surface area contributed by atoms with Crippen LogP contribution in [0.5, 0.6) is 0 Å². The minimum absolute atomic E-state index is 0.0275. The van der Waals surface area contributed by atoms with Crippen molar-refractivity contribution in [3.8, 4) is 0 Å². The summed E-state index contributed by atoms with van der Waals surface area (Å²) in [7, 11) is 1.68. The van der Waals surface area contributed by atoms with Crippen LogP contribution >= 0.6 is 0 Å². The topological polar surface area (TPSA) is 70.1 Å². The molecule has 124 valence electrons. The predicted molar refractivity (Wildman–Crippen MR) is 92.8 cm³/mol. The summed E-state index contributed by atoms with van der Waals surface area (Å²) in [6, 6.07) is 1.80. The molecule has 0 radical (unpaired) electrons. The van der Waals surface area contributed by atoms with Crippen LogP contribution in [-0.4, -0.2) is 40.0 Å². The number of carbonyl (C=O) groups is 1. The van der Waals surface area contributed by atoms with Gasteiger partial charge in [-0.3, -0.25) is 9.59 Å². The lowest BCUT2D eigenvalue weighted by Gasteiger charge is -2.23. The molecule has 2 aromatic rings. The Kier molecular flexibility index (Phi) is 3.52. The number of nitrogens with one attached hydrogen (secondary N) is 2. The van der Waals surface area contributed by atoms with Crippen molar-refractivity contribution in [1.82, 2.24) is 19.8 Å². The molecule has 0 unspecified atom stereocenters. The fourth-order valence-corrected chi connectivity index (χ4v) is 3.48. The van der Waals surface area contributed by atoms with Crippen LogP contribution in [-0.2, 0) is 7.05 Å². The van der Waals surface area contributed by atoms with Crippen molar-refractivity contribution in [2.75, 3.05) is 19.6 Å². The first-order valence-electron chi connectivity index (χ1n) is 8.23. The van der Waals surface area contributed by atoms with Crippen LogP contribution in [0.2, 0.25) is 0 Å². The van der Waals surface area contributed by atoms with E-state index in [1.54, 1.807) is 25.5 Å². The Labute approximate surface area is 139 Å². The average molecular weight is 324 g/mol. The second kappa shape index (κ2) is 5.70. The molecule has 24 heavy (non-hydrogen) atoms. The number of hydrogen-bond acceptors (Lipinski definition) is 3. The molecule has 1 amide bonds. The van der Waals surface area contributed by atoms with Gasteiger partial charge in [0.05, 0.1) is 5.56 Å². The highest BCUT2D eigenvalue weighted by Gasteiger charge is 2.24. The summed E-state index contributed by atoms with van der Waals surface area (Å²) in [4.78, 5) is 30.1. The van der Waals surface area contributed by atoms with Crippen molar-refractivity contribution < 1.29 is 4.79 Å². The lowest BCUT2D eigenvalue weighted by atomic mass is 10.0. The van der Waals surface area contributed by atoms with Crippen LogP contribution < -0.4 is 10.9 Å². The average Bonchev–Trinajstić information content (AvgIpc) is 2.98. The third-order valence-corrected chi connectivity index (χ3v) is 4.77. The van der Waals surface area contributed by atoms with Gasteiger partial charge in [0, 0.05) is 50.2 Å². The van der Waals surface area contributed by atoms with Crippen molar-refractivity contribution >= 4 is 16.8 Å². The lowest BCUT2D eigenvalue weighted by Crippen LogP contribution is -2.36. The molecule has 2 aromatic heterocycles. The van der Waals surface area contributed by atoms with E-state index in [1.807, 2.05) is 4.90 Å². The van der Waals surface area contributed by atoms with E-state index in [0.717, 1.165) is 25.1 Å². The standard InChI is InChI=1S/C18H20N4O2/c1-21-11-14(13-6-7-20-16(13)18(21)24)17(23)22-9-8-19-15-5-3-2-4-12(15)10-22/h3,5-7,11,19-20H,2,4,8-10H2,1H3. The van der Waals surface area contributed by atoms with Crippen LogP contribution in [0.4, 0.5) is 0 Å². The van der Waals surface area contributed by atoms with Crippen molar-refractivity contribution in [3.05, 3.63) is 57.8 Å². The Bertz CT molecular complexity index is 932. The molecule has 1 aliphatic carbocycles. The molecule has 4 rings (SSSR count). The smallest absolute Gasteiger partial charge is 0.274 e. The number of fused-ring (bicyclic) bond motifs is 1. The van der Waals surface area contributed by atoms with Crippen LogP contribution in [0, 0.1) is 0 Å². The Morgan fingerprint density at radius 3 is 3.08 bits per heavy atom. The highest BCUT2D eigenvalue weighted by atomic mass is 16.2. The molecule has 3 heterocycles. The molecule has 0 atom stereocenters. The van der Waals surface area contributed by atoms with Gasteiger partial charge in [0.25, 0.3) is 11.5 Å². The zero-order valence-corrected chi connectivity index (χ0v) is 13.6. The van der Waals surface area contributed by atoms with Gasteiger partial charge in [-0.15, -0.1) is 0 Å². The molecule has 0 saturated carbocycles. The SMILES string of the molecule is Cn1cc(C(=O)N2CCNC3=C(CCC=C3)C2)c2cc[nH]c2c1=O. The summed E-state index contributed by atoms with van der Waals surface area (Å²) >= 11 is 0. The molecule has 2 N–H and O–H groups in total. The summed E-state index contributed by atoms with van der Waals surface area (Å²) in [6.07, 6.45) is 9.64. The van der Waals surface area contributed by atoms with Gasteiger partial charge >= 0.3 is 0 Å². The summed E-state index contributed by atoms with van der Waals surface area (Å²) in [5.41, 5.74) is 3.37. The van der Waals surface area contributed by atoms with Crippen LogP contribution in [0.25, 0.3) is 10.9 Å². The van der Waals surface area contributed by atoms with E-state index in [1.165, 1.54) is 10.1 Å². The minimum atomic E-state index is -0.119. The third-order valence-electron chi connectivity index (χ3n) is 4.77. The number of aryl methyl sites for hydroxylation is 1. The second-order valence-electron chi connectivity index (χ2n) is 6.34. The first-order valence-corrected chi connectivity index (χ1v) is 8.23. The van der Waals surface area contributed by atoms with Crippen molar-refractivity contribution in [2.24, 2.45) is 7.05 Å². The number of H-pyrrole nitrogens is 1. The third kappa shape index (κ3) is 2.35. The Balaban J connectivity index is 1.73. The molecule has 0 fully saturated rings. The monoisotopic (exact) mass is 324 g/mol. The second-order valence-corrected chi connectivity index (χ2v) is 6.34. The maximum Gasteiger partial charge on any atom is 0.274 e. The van der Waals surface area contributed by atoms with Crippen LogP contribution in [0.3, 0.4) is 0 Å². The zero-order chi connectivity index (χ0) is 16.7. The van der Waals surface area contributed by atoms with E-state index in [-0.39, 0.29) is 11.5 Å². The van der Waals surface area contributed by atoms with Gasteiger partial charge in [0.2, 0.25) is 0 Å². The first-order chi connectivity index (χ1) is 11.6. The highest BCUT2D eigenvalue weighted by molar-refractivity contribution is 6.06. The highest BCUT2D eigenvalue weighted by Crippen LogP contribution is 2.22. The van der Waals surface area contributed by atoms with Gasteiger partial charge in [-0.2, -0.15) is 0 Å². The van der Waals surface area contributed by atoms with Gasteiger partial charge < -0.3 is 19.8 Å². The number of aromatic amines is 1. The number of aromatic nitrogens is 2. The van der Waals surface area contributed by atoms with Gasteiger partial charge in [-0.05, 0) is 30.6 Å².